The van der Waals surface area contributed by atoms with E-state index in [0.717, 1.165) is 30.0 Å². The Labute approximate surface area is 155 Å². The highest BCUT2D eigenvalue weighted by atomic mass is 32.2. The molecule has 1 N–H and O–H groups in total. The molecule has 1 aliphatic rings. The van der Waals surface area contributed by atoms with Crippen molar-refractivity contribution in [2.45, 2.75) is 37.5 Å². The van der Waals surface area contributed by atoms with E-state index in [9.17, 15) is 13.2 Å². The van der Waals surface area contributed by atoms with E-state index in [-0.39, 0.29) is 18.4 Å². The molecule has 5 nitrogen and oxygen atoms in total. The van der Waals surface area contributed by atoms with Crippen molar-refractivity contribution in [2.24, 2.45) is 5.92 Å². The van der Waals surface area contributed by atoms with Crippen molar-refractivity contribution in [3.8, 4) is 0 Å². The summed E-state index contributed by atoms with van der Waals surface area (Å²) in [6.07, 6.45) is 3.41. The summed E-state index contributed by atoms with van der Waals surface area (Å²) in [7, 11) is -3.59. The molecular formula is C20H26N2O3S. The first-order chi connectivity index (χ1) is 12.5. The van der Waals surface area contributed by atoms with Crippen LogP contribution in [0.3, 0.4) is 0 Å². The normalized spacial score (nSPS) is 18.7. The smallest absolute Gasteiger partial charge is 0.243 e. The molecule has 3 rings (SSSR count). The minimum atomic E-state index is -3.59. The Hall–Kier alpha value is -1.92. The summed E-state index contributed by atoms with van der Waals surface area (Å²) < 4.78 is 27.6. The lowest BCUT2D eigenvalue weighted by Gasteiger charge is -2.31. The van der Waals surface area contributed by atoms with E-state index in [4.69, 9.17) is 0 Å². The maximum atomic E-state index is 13.1. The second kappa shape index (κ2) is 8.18. The number of rotatable bonds is 6. The van der Waals surface area contributed by atoms with E-state index in [1.54, 1.807) is 12.1 Å². The second-order valence-electron chi connectivity index (χ2n) is 6.86. The van der Waals surface area contributed by atoms with Crippen LogP contribution in [-0.2, 0) is 14.8 Å². The molecule has 1 fully saturated rings. The van der Waals surface area contributed by atoms with Gasteiger partial charge in [0, 0.05) is 19.6 Å². The third-order valence-electron chi connectivity index (χ3n) is 4.94. The van der Waals surface area contributed by atoms with Gasteiger partial charge >= 0.3 is 0 Å². The van der Waals surface area contributed by atoms with Gasteiger partial charge < -0.3 is 5.32 Å². The fraction of sp³-hybridized carbons (Fsp3) is 0.450. The van der Waals surface area contributed by atoms with E-state index in [1.807, 2.05) is 30.3 Å². The standard InChI is InChI=1S/C20H26N2O3S/c1-2-3-12-21-20(23)18-9-6-13-22(15-18)26(24,25)19-11-10-16-7-4-5-8-17(16)14-19/h4-5,7-8,10-11,14,18H,2-3,6,9,12-13,15H2,1H3,(H,21,23). The van der Waals surface area contributed by atoms with Crippen molar-refractivity contribution in [1.29, 1.82) is 0 Å². The van der Waals surface area contributed by atoms with Gasteiger partial charge in [-0.15, -0.1) is 0 Å². The zero-order valence-corrected chi connectivity index (χ0v) is 16.0. The molecule has 0 saturated carbocycles. The molecule has 2 aromatic carbocycles. The summed E-state index contributed by atoms with van der Waals surface area (Å²) in [5.74, 6) is -0.298. The Morgan fingerprint density at radius 2 is 1.96 bits per heavy atom. The highest BCUT2D eigenvalue weighted by Gasteiger charge is 2.33. The number of hydrogen-bond acceptors (Lipinski definition) is 3. The van der Waals surface area contributed by atoms with Gasteiger partial charge in [-0.25, -0.2) is 8.42 Å². The van der Waals surface area contributed by atoms with Crippen molar-refractivity contribution in [2.75, 3.05) is 19.6 Å². The monoisotopic (exact) mass is 374 g/mol. The summed E-state index contributed by atoms with van der Waals surface area (Å²) in [6.45, 7) is 3.45. The van der Waals surface area contributed by atoms with Gasteiger partial charge in [0.15, 0.2) is 0 Å². The van der Waals surface area contributed by atoms with Gasteiger partial charge in [-0.2, -0.15) is 4.31 Å². The molecule has 1 saturated heterocycles. The zero-order chi connectivity index (χ0) is 18.6. The number of amides is 1. The van der Waals surface area contributed by atoms with Gasteiger partial charge in [0.25, 0.3) is 0 Å². The summed E-state index contributed by atoms with van der Waals surface area (Å²) in [6, 6.07) is 12.9. The van der Waals surface area contributed by atoms with Gasteiger partial charge in [-0.1, -0.05) is 43.7 Å². The maximum absolute atomic E-state index is 13.1. The number of unbranched alkanes of at least 4 members (excludes halogenated alkanes) is 1. The van der Waals surface area contributed by atoms with Crippen LogP contribution in [0.15, 0.2) is 47.4 Å². The van der Waals surface area contributed by atoms with Crippen molar-refractivity contribution in [3.05, 3.63) is 42.5 Å². The van der Waals surface area contributed by atoms with Gasteiger partial charge in [0.05, 0.1) is 10.8 Å². The number of hydrogen-bond donors (Lipinski definition) is 1. The Morgan fingerprint density at radius 1 is 1.19 bits per heavy atom. The van der Waals surface area contributed by atoms with Gasteiger partial charge in [0.1, 0.15) is 0 Å². The fourth-order valence-electron chi connectivity index (χ4n) is 3.38. The molecule has 0 spiro atoms. The molecule has 0 radical (unpaired) electrons. The van der Waals surface area contributed by atoms with Gasteiger partial charge in [0.2, 0.25) is 15.9 Å². The van der Waals surface area contributed by atoms with Gasteiger partial charge in [-0.05, 0) is 42.2 Å². The average molecular weight is 375 g/mol. The minimum Gasteiger partial charge on any atom is -0.356 e. The molecule has 0 aliphatic carbocycles. The first-order valence-electron chi connectivity index (χ1n) is 9.29. The van der Waals surface area contributed by atoms with E-state index < -0.39 is 10.0 Å². The lowest BCUT2D eigenvalue weighted by Crippen LogP contribution is -2.45. The predicted molar refractivity (Wildman–Crippen MR) is 103 cm³/mol. The average Bonchev–Trinajstić information content (AvgIpc) is 2.67. The Morgan fingerprint density at radius 3 is 2.73 bits per heavy atom. The quantitative estimate of drug-likeness (QED) is 0.790. The van der Waals surface area contributed by atoms with Crippen LogP contribution in [0.4, 0.5) is 0 Å². The molecule has 1 aliphatic heterocycles. The molecule has 0 aromatic heterocycles. The molecule has 1 amide bonds. The predicted octanol–water partition coefficient (Wildman–Crippen LogP) is 3.16. The van der Waals surface area contributed by atoms with Crippen molar-refractivity contribution < 1.29 is 13.2 Å². The van der Waals surface area contributed by atoms with Crippen LogP contribution in [0.5, 0.6) is 0 Å². The molecule has 1 unspecified atom stereocenters. The summed E-state index contributed by atoms with van der Waals surface area (Å²) in [5.41, 5.74) is 0. The largest absolute Gasteiger partial charge is 0.356 e. The van der Waals surface area contributed by atoms with Crippen molar-refractivity contribution in [1.82, 2.24) is 9.62 Å². The van der Waals surface area contributed by atoms with Crippen LogP contribution in [0.25, 0.3) is 10.8 Å². The molecular weight excluding hydrogens is 348 g/mol. The number of carbonyl (C=O) groups excluding carboxylic acids is 1. The number of fused-ring (bicyclic) bond motifs is 1. The highest BCUT2D eigenvalue weighted by molar-refractivity contribution is 7.89. The number of nitrogens with zero attached hydrogens (tertiary/aromatic N) is 1. The molecule has 140 valence electrons. The number of benzene rings is 2. The maximum Gasteiger partial charge on any atom is 0.243 e. The summed E-state index contributed by atoms with van der Waals surface area (Å²) in [5, 5.41) is 4.84. The first-order valence-corrected chi connectivity index (χ1v) is 10.7. The summed E-state index contributed by atoms with van der Waals surface area (Å²) >= 11 is 0. The van der Waals surface area contributed by atoms with Crippen LogP contribution in [-0.4, -0.2) is 38.3 Å². The number of piperidine rings is 1. The molecule has 1 atom stereocenters. The minimum absolute atomic E-state index is 0.0307. The lowest BCUT2D eigenvalue weighted by atomic mass is 9.99. The van der Waals surface area contributed by atoms with Crippen LogP contribution in [0.2, 0.25) is 0 Å². The topological polar surface area (TPSA) is 66.5 Å². The fourth-order valence-corrected chi connectivity index (χ4v) is 4.94. The van der Waals surface area contributed by atoms with E-state index in [2.05, 4.69) is 12.2 Å². The van der Waals surface area contributed by atoms with Crippen LogP contribution in [0, 0.1) is 5.92 Å². The molecule has 2 aromatic rings. The van der Waals surface area contributed by atoms with Crippen LogP contribution < -0.4 is 5.32 Å². The molecule has 6 heteroatoms. The van der Waals surface area contributed by atoms with Crippen molar-refractivity contribution in [3.63, 3.8) is 0 Å². The Balaban J connectivity index is 1.76. The SMILES string of the molecule is CCCCNC(=O)C1CCCN(S(=O)(=O)c2ccc3ccccc3c2)C1. The van der Waals surface area contributed by atoms with Crippen LogP contribution in [0.1, 0.15) is 32.6 Å². The Bertz CT molecular complexity index is 880. The van der Waals surface area contributed by atoms with E-state index in [1.165, 1.54) is 4.31 Å². The van der Waals surface area contributed by atoms with E-state index in [0.29, 0.717) is 24.4 Å². The number of nitrogens with one attached hydrogen (secondary N) is 1. The first kappa shape index (κ1) is 18.9. The Kier molecular flexibility index (Phi) is 5.94. The zero-order valence-electron chi connectivity index (χ0n) is 15.1. The molecule has 26 heavy (non-hydrogen) atoms. The molecule has 1 heterocycles. The third kappa shape index (κ3) is 4.07. The lowest BCUT2D eigenvalue weighted by molar-refractivity contribution is -0.126. The third-order valence-corrected chi connectivity index (χ3v) is 6.80. The van der Waals surface area contributed by atoms with E-state index >= 15 is 0 Å². The highest BCUT2D eigenvalue weighted by Crippen LogP contribution is 2.26. The van der Waals surface area contributed by atoms with Crippen LogP contribution >= 0.6 is 0 Å². The number of carbonyl (C=O) groups is 1. The number of sulfonamides is 1. The second-order valence-corrected chi connectivity index (χ2v) is 8.79. The van der Waals surface area contributed by atoms with Crippen molar-refractivity contribution >= 4 is 26.7 Å². The molecule has 0 bridgehead atoms. The summed E-state index contributed by atoms with van der Waals surface area (Å²) in [4.78, 5) is 12.6. The van der Waals surface area contributed by atoms with Gasteiger partial charge in [-0.3, -0.25) is 4.79 Å².